The number of aromatic nitrogens is 2. The summed E-state index contributed by atoms with van der Waals surface area (Å²) in [5, 5.41) is 0.203. The van der Waals surface area contributed by atoms with E-state index in [2.05, 4.69) is 15.0 Å². The summed E-state index contributed by atoms with van der Waals surface area (Å²) in [4.78, 5) is 29.0. The van der Waals surface area contributed by atoms with Crippen LogP contribution in [0.3, 0.4) is 0 Å². The molecule has 1 aromatic carbocycles. The zero-order valence-electron chi connectivity index (χ0n) is 14.7. The normalized spacial score (nSPS) is 18.9. The minimum atomic E-state index is -1.41. The van der Waals surface area contributed by atoms with Crippen molar-refractivity contribution in [1.82, 2.24) is 9.97 Å². The lowest BCUT2D eigenvalue weighted by Crippen LogP contribution is -2.51. The summed E-state index contributed by atoms with van der Waals surface area (Å²) in [6.07, 6.45) is 2.77. The number of carbonyl (C=O) groups excluding carboxylic acids is 1. The number of nitrogens with zero attached hydrogens (tertiary/aromatic N) is 5. The van der Waals surface area contributed by atoms with E-state index in [4.69, 9.17) is 11.6 Å². The number of amides is 1. The number of fused-ring (bicyclic) bond motifs is 3. The summed E-state index contributed by atoms with van der Waals surface area (Å²) in [7, 11) is -1.41. The monoisotopic (exact) mass is 407 g/mol. The molecule has 2 aliphatic rings. The Morgan fingerprint density at radius 2 is 2.07 bits per heavy atom. The van der Waals surface area contributed by atoms with Crippen molar-refractivity contribution in [2.45, 2.75) is 24.5 Å². The van der Waals surface area contributed by atoms with Gasteiger partial charge in [-0.3, -0.25) is 13.9 Å². The Kier molecular flexibility index (Phi) is 4.04. The van der Waals surface area contributed by atoms with Gasteiger partial charge in [0.05, 0.1) is 27.9 Å². The molecule has 3 heterocycles. The van der Waals surface area contributed by atoms with Crippen molar-refractivity contribution in [1.29, 1.82) is 0 Å². The van der Waals surface area contributed by atoms with Crippen molar-refractivity contribution in [3.8, 4) is 0 Å². The SMILES string of the molecule is CS(=O)c1ncc2c(n1)N1CC(C)(C)N=C1N(c1c(F)cccc1Cl)C2=O. The molecule has 140 valence electrons. The molecule has 0 radical (unpaired) electrons. The van der Waals surface area contributed by atoms with Crippen LogP contribution in [0.4, 0.5) is 15.9 Å². The summed E-state index contributed by atoms with van der Waals surface area (Å²) in [5.74, 6) is -0.638. The Labute approximate surface area is 162 Å². The largest absolute Gasteiger partial charge is 0.293 e. The number of rotatable bonds is 2. The van der Waals surface area contributed by atoms with Gasteiger partial charge in [-0.15, -0.1) is 0 Å². The van der Waals surface area contributed by atoms with Crippen LogP contribution in [0.5, 0.6) is 0 Å². The summed E-state index contributed by atoms with van der Waals surface area (Å²) >= 11 is 6.20. The van der Waals surface area contributed by atoms with Crippen molar-refractivity contribution in [2.75, 3.05) is 22.6 Å². The molecule has 7 nitrogen and oxygen atoms in total. The van der Waals surface area contributed by atoms with E-state index in [1.807, 2.05) is 13.8 Å². The second-order valence-corrected chi connectivity index (χ2v) is 8.55. The molecule has 4 rings (SSSR count). The van der Waals surface area contributed by atoms with E-state index >= 15 is 0 Å². The first-order chi connectivity index (χ1) is 12.7. The minimum absolute atomic E-state index is 0.0700. The van der Waals surface area contributed by atoms with Crippen LogP contribution in [-0.2, 0) is 10.8 Å². The molecule has 0 spiro atoms. The van der Waals surface area contributed by atoms with Crippen molar-refractivity contribution in [3.63, 3.8) is 0 Å². The lowest BCUT2D eigenvalue weighted by Gasteiger charge is -2.35. The second kappa shape index (κ2) is 6.07. The fourth-order valence-corrected chi connectivity index (χ4v) is 3.80. The molecular weight excluding hydrogens is 393 g/mol. The predicted octanol–water partition coefficient (Wildman–Crippen LogP) is 2.62. The molecule has 0 saturated heterocycles. The average Bonchev–Trinajstić information content (AvgIpc) is 2.92. The van der Waals surface area contributed by atoms with Gasteiger partial charge in [0.1, 0.15) is 17.1 Å². The lowest BCUT2D eigenvalue weighted by atomic mass is 10.1. The average molecular weight is 408 g/mol. The number of aliphatic imine (C=N–C) groups is 1. The Bertz CT molecular complexity index is 1020. The number of anilines is 2. The Morgan fingerprint density at radius 3 is 2.74 bits per heavy atom. The fourth-order valence-electron chi connectivity index (χ4n) is 3.13. The predicted molar refractivity (Wildman–Crippen MR) is 101 cm³/mol. The molecule has 1 amide bonds. The third-order valence-corrected chi connectivity index (χ3v) is 5.26. The van der Waals surface area contributed by atoms with Gasteiger partial charge < -0.3 is 0 Å². The third kappa shape index (κ3) is 2.81. The van der Waals surface area contributed by atoms with Crippen LogP contribution in [0.1, 0.15) is 24.2 Å². The van der Waals surface area contributed by atoms with Gasteiger partial charge in [0.15, 0.2) is 5.82 Å². The summed E-state index contributed by atoms with van der Waals surface area (Å²) in [5.41, 5.74) is -0.441. The number of hydrogen-bond acceptors (Lipinski definition) is 6. The van der Waals surface area contributed by atoms with Crippen molar-refractivity contribution >= 4 is 45.8 Å². The molecule has 1 aromatic heterocycles. The standard InChI is InChI=1S/C17H15ClFN5O2S/c1-17(2)8-23-13-9(7-20-15(21-13)27(3)26)14(25)24(16(23)22-17)12-10(18)5-4-6-11(12)19/h4-7H,8H2,1-3H3. The van der Waals surface area contributed by atoms with Gasteiger partial charge in [-0.2, -0.15) is 0 Å². The van der Waals surface area contributed by atoms with Crippen LogP contribution in [0.15, 0.2) is 34.5 Å². The molecule has 0 fully saturated rings. The van der Waals surface area contributed by atoms with Crippen LogP contribution < -0.4 is 9.80 Å². The number of carbonyl (C=O) groups is 1. The highest BCUT2D eigenvalue weighted by Crippen LogP contribution is 2.39. The van der Waals surface area contributed by atoms with Crippen molar-refractivity contribution < 1.29 is 13.4 Å². The number of hydrogen-bond donors (Lipinski definition) is 0. The van der Waals surface area contributed by atoms with E-state index in [1.165, 1.54) is 30.7 Å². The topological polar surface area (TPSA) is 78.8 Å². The van der Waals surface area contributed by atoms with Gasteiger partial charge in [0.25, 0.3) is 5.91 Å². The van der Waals surface area contributed by atoms with Crippen molar-refractivity contribution in [3.05, 3.63) is 40.8 Å². The second-order valence-electron chi connectivity index (χ2n) is 6.87. The van der Waals surface area contributed by atoms with E-state index in [0.717, 1.165) is 4.90 Å². The Hall–Kier alpha value is -2.39. The van der Waals surface area contributed by atoms with Gasteiger partial charge in [0, 0.05) is 12.5 Å². The van der Waals surface area contributed by atoms with Crippen molar-refractivity contribution in [2.24, 2.45) is 4.99 Å². The first-order valence-electron chi connectivity index (χ1n) is 8.06. The molecular formula is C17H15ClFN5O2S. The number of para-hydroxylation sites is 1. The molecule has 2 aromatic rings. The first-order valence-corrected chi connectivity index (χ1v) is 9.99. The van der Waals surface area contributed by atoms with E-state index in [1.54, 1.807) is 4.90 Å². The fraction of sp³-hybridized carbons (Fsp3) is 0.294. The molecule has 1 atom stereocenters. The third-order valence-electron chi connectivity index (χ3n) is 4.24. The maximum absolute atomic E-state index is 14.6. The minimum Gasteiger partial charge on any atom is -0.293 e. The zero-order chi connectivity index (χ0) is 19.5. The summed E-state index contributed by atoms with van der Waals surface area (Å²) in [6, 6.07) is 4.20. The van der Waals surface area contributed by atoms with E-state index in [9.17, 15) is 13.4 Å². The smallest absolute Gasteiger partial charge is 0.270 e. The lowest BCUT2D eigenvalue weighted by molar-refractivity contribution is 0.0998. The first kappa shape index (κ1) is 18.0. The quantitative estimate of drug-likeness (QED) is 0.715. The Balaban J connectivity index is 1.97. The van der Waals surface area contributed by atoms with Gasteiger partial charge in [0.2, 0.25) is 11.1 Å². The highest BCUT2D eigenvalue weighted by Gasteiger charge is 2.46. The number of benzene rings is 1. The highest BCUT2D eigenvalue weighted by atomic mass is 35.5. The van der Waals surface area contributed by atoms with Crippen LogP contribution in [0, 0.1) is 5.82 Å². The van der Waals surface area contributed by atoms with Gasteiger partial charge in [-0.1, -0.05) is 17.7 Å². The number of halogens is 2. The van der Waals surface area contributed by atoms with Crippen LogP contribution >= 0.6 is 11.6 Å². The molecule has 0 N–H and O–H groups in total. The molecule has 10 heteroatoms. The van der Waals surface area contributed by atoms with Crippen LogP contribution in [0.2, 0.25) is 5.02 Å². The molecule has 0 aliphatic carbocycles. The van der Waals surface area contributed by atoms with Crippen LogP contribution in [0.25, 0.3) is 0 Å². The molecule has 1 unspecified atom stereocenters. The van der Waals surface area contributed by atoms with Gasteiger partial charge in [-0.25, -0.2) is 24.3 Å². The number of guanidine groups is 1. The zero-order valence-corrected chi connectivity index (χ0v) is 16.3. The maximum Gasteiger partial charge on any atom is 0.270 e. The maximum atomic E-state index is 14.6. The van der Waals surface area contributed by atoms with Crippen LogP contribution in [-0.4, -0.2) is 44.4 Å². The molecule has 0 saturated carbocycles. The summed E-state index contributed by atoms with van der Waals surface area (Å²) < 4.78 is 26.4. The Morgan fingerprint density at radius 1 is 1.33 bits per heavy atom. The van der Waals surface area contributed by atoms with E-state index in [0.29, 0.717) is 12.4 Å². The molecule has 27 heavy (non-hydrogen) atoms. The molecule has 0 bridgehead atoms. The molecule has 2 aliphatic heterocycles. The van der Waals surface area contributed by atoms with Gasteiger partial charge in [-0.05, 0) is 26.0 Å². The van der Waals surface area contributed by atoms with E-state index in [-0.39, 0.29) is 27.4 Å². The highest BCUT2D eigenvalue weighted by molar-refractivity contribution is 7.84. The van der Waals surface area contributed by atoms with Gasteiger partial charge >= 0.3 is 0 Å². The van der Waals surface area contributed by atoms with E-state index < -0.39 is 28.1 Å². The summed E-state index contributed by atoms with van der Waals surface area (Å²) in [6.45, 7) is 4.20.